The number of nitrogens with zero attached hydrogens (tertiary/aromatic N) is 1. The molecule has 0 saturated heterocycles. The predicted octanol–water partition coefficient (Wildman–Crippen LogP) is 4.05. The first-order valence-electron chi connectivity index (χ1n) is 4.41. The molecule has 0 aliphatic rings. The average Bonchev–Trinajstić information content (AvgIpc) is 2.15. The van der Waals surface area contributed by atoms with Crippen LogP contribution in [0, 0.1) is 0 Å². The zero-order chi connectivity index (χ0) is 11.0. The zero-order valence-electron chi connectivity index (χ0n) is 8.68. The Morgan fingerprint density at radius 3 is 2.50 bits per heavy atom. The maximum absolute atomic E-state index is 5.81. The smallest absolute Gasteiger partial charge is 0.151 e. The van der Waals surface area contributed by atoms with Crippen LogP contribution >= 0.6 is 23.2 Å². The molecular formula is C10H15Cl2NO. The van der Waals surface area contributed by atoms with E-state index in [1.54, 1.807) is 6.92 Å². The van der Waals surface area contributed by atoms with E-state index < -0.39 is 0 Å². The van der Waals surface area contributed by atoms with Gasteiger partial charge in [0.15, 0.2) is 5.76 Å². The Labute approximate surface area is 95.3 Å². The molecule has 0 saturated carbocycles. The van der Waals surface area contributed by atoms with E-state index in [0.29, 0.717) is 15.9 Å². The first kappa shape index (κ1) is 13.5. The van der Waals surface area contributed by atoms with Crippen molar-refractivity contribution in [3.63, 3.8) is 0 Å². The average molecular weight is 236 g/mol. The summed E-state index contributed by atoms with van der Waals surface area (Å²) in [5, 5.41) is 1.01. The molecule has 0 rings (SSSR count). The van der Waals surface area contributed by atoms with Gasteiger partial charge in [0.05, 0.1) is 18.4 Å². The second kappa shape index (κ2) is 7.89. The number of aliphatic imine (C=N–C) groups is 1. The van der Waals surface area contributed by atoms with Gasteiger partial charge < -0.3 is 4.74 Å². The number of unbranched alkanes of at least 4 members (excludes halogenated alkanes) is 1. The van der Waals surface area contributed by atoms with Crippen LogP contribution in [0.3, 0.4) is 0 Å². The molecular weight excluding hydrogens is 221 g/mol. The third kappa shape index (κ3) is 6.06. The summed E-state index contributed by atoms with van der Waals surface area (Å²) in [5.41, 5.74) is 0. The van der Waals surface area contributed by atoms with Gasteiger partial charge in [-0.2, -0.15) is 0 Å². The van der Waals surface area contributed by atoms with Crippen LogP contribution in [0.1, 0.15) is 26.7 Å². The van der Waals surface area contributed by atoms with Gasteiger partial charge in [0.1, 0.15) is 5.16 Å². The standard InChI is InChI=1S/C10H15Cl2NO/c1-4-5-6-10(12)13-7-9(14-3)8(2)11/h6-7H,4-5H2,1-3H3/b9-8-,10-6+,13-7-. The van der Waals surface area contributed by atoms with Crippen molar-refractivity contribution < 1.29 is 4.74 Å². The number of ether oxygens (including phenoxy) is 1. The largest absolute Gasteiger partial charge is 0.494 e. The summed E-state index contributed by atoms with van der Waals surface area (Å²) < 4.78 is 4.98. The molecule has 0 atom stereocenters. The van der Waals surface area contributed by atoms with Crippen LogP contribution in [-0.2, 0) is 4.74 Å². The van der Waals surface area contributed by atoms with Crippen molar-refractivity contribution in [2.75, 3.05) is 7.11 Å². The quantitative estimate of drug-likeness (QED) is 0.400. The lowest BCUT2D eigenvalue weighted by Crippen LogP contribution is -1.89. The highest BCUT2D eigenvalue weighted by molar-refractivity contribution is 6.31. The molecule has 0 aliphatic carbocycles. The Balaban J connectivity index is 4.35. The van der Waals surface area contributed by atoms with Crippen LogP contribution in [-0.4, -0.2) is 13.3 Å². The molecule has 0 spiro atoms. The van der Waals surface area contributed by atoms with Gasteiger partial charge in [-0.15, -0.1) is 0 Å². The molecule has 0 heterocycles. The maximum Gasteiger partial charge on any atom is 0.151 e. The van der Waals surface area contributed by atoms with Crippen LogP contribution in [0.15, 0.2) is 27.0 Å². The summed E-state index contributed by atoms with van der Waals surface area (Å²) in [6.07, 6.45) is 5.33. The van der Waals surface area contributed by atoms with E-state index in [0.717, 1.165) is 12.8 Å². The van der Waals surface area contributed by atoms with Crippen LogP contribution in [0.25, 0.3) is 0 Å². The van der Waals surface area contributed by atoms with Crippen LogP contribution in [0.4, 0.5) is 0 Å². The summed E-state index contributed by atoms with van der Waals surface area (Å²) in [7, 11) is 1.54. The van der Waals surface area contributed by atoms with Crippen LogP contribution in [0.5, 0.6) is 0 Å². The van der Waals surface area contributed by atoms with Crippen molar-refractivity contribution >= 4 is 29.4 Å². The molecule has 0 aliphatic heterocycles. The summed E-state index contributed by atoms with van der Waals surface area (Å²) in [6.45, 7) is 3.81. The van der Waals surface area contributed by atoms with Gasteiger partial charge in [0, 0.05) is 0 Å². The minimum absolute atomic E-state index is 0.458. The topological polar surface area (TPSA) is 21.6 Å². The van der Waals surface area contributed by atoms with Gasteiger partial charge in [-0.3, -0.25) is 0 Å². The number of hydrogen-bond acceptors (Lipinski definition) is 2. The van der Waals surface area contributed by atoms with Gasteiger partial charge in [-0.25, -0.2) is 4.99 Å². The summed E-state index contributed by atoms with van der Waals surface area (Å²) in [4.78, 5) is 3.99. The minimum atomic E-state index is 0.458. The van der Waals surface area contributed by atoms with E-state index in [2.05, 4.69) is 11.9 Å². The van der Waals surface area contributed by atoms with Crippen molar-refractivity contribution in [3.8, 4) is 0 Å². The van der Waals surface area contributed by atoms with Crippen LogP contribution in [0.2, 0.25) is 0 Å². The molecule has 0 unspecified atom stereocenters. The molecule has 0 amide bonds. The second-order valence-electron chi connectivity index (χ2n) is 2.68. The lowest BCUT2D eigenvalue weighted by molar-refractivity contribution is 0.315. The van der Waals surface area contributed by atoms with Crippen molar-refractivity contribution in [1.29, 1.82) is 0 Å². The molecule has 0 aromatic heterocycles. The molecule has 0 aromatic rings. The molecule has 0 aromatic carbocycles. The van der Waals surface area contributed by atoms with Gasteiger partial charge in [0.25, 0.3) is 0 Å². The third-order valence-corrected chi connectivity index (χ3v) is 1.90. The molecule has 14 heavy (non-hydrogen) atoms. The Morgan fingerprint density at radius 2 is 2.07 bits per heavy atom. The van der Waals surface area contributed by atoms with E-state index in [9.17, 15) is 0 Å². The van der Waals surface area contributed by atoms with Crippen molar-refractivity contribution in [2.45, 2.75) is 26.7 Å². The number of allylic oxidation sites excluding steroid dienone is 3. The molecule has 2 nitrogen and oxygen atoms in total. The third-order valence-electron chi connectivity index (χ3n) is 1.47. The van der Waals surface area contributed by atoms with E-state index in [1.165, 1.54) is 13.3 Å². The lowest BCUT2D eigenvalue weighted by atomic mass is 10.3. The number of hydrogen-bond donors (Lipinski definition) is 0. The fraction of sp³-hybridized carbons (Fsp3) is 0.500. The number of halogens is 2. The van der Waals surface area contributed by atoms with E-state index in [4.69, 9.17) is 27.9 Å². The van der Waals surface area contributed by atoms with E-state index in [1.807, 2.05) is 6.08 Å². The van der Waals surface area contributed by atoms with Gasteiger partial charge >= 0.3 is 0 Å². The number of rotatable bonds is 5. The maximum atomic E-state index is 5.81. The van der Waals surface area contributed by atoms with Gasteiger partial charge in [0.2, 0.25) is 0 Å². The van der Waals surface area contributed by atoms with Crippen molar-refractivity contribution in [3.05, 3.63) is 22.0 Å². The highest BCUT2D eigenvalue weighted by Crippen LogP contribution is 2.10. The molecule has 0 N–H and O–H groups in total. The van der Waals surface area contributed by atoms with Crippen molar-refractivity contribution in [1.82, 2.24) is 0 Å². The highest BCUT2D eigenvalue weighted by Gasteiger charge is 1.95. The minimum Gasteiger partial charge on any atom is -0.494 e. The summed E-state index contributed by atoms with van der Waals surface area (Å²) >= 11 is 11.5. The molecule has 0 bridgehead atoms. The Hall–Kier alpha value is -0.470. The zero-order valence-corrected chi connectivity index (χ0v) is 10.2. The fourth-order valence-corrected chi connectivity index (χ4v) is 1.00. The Kier molecular flexibility index (Phi) is 7.63. The van der Waals surface area contributed by atoms with E-state index in [-0.39, 0.29) is 0 Å². The highest BCUT2D eigenvalue weighted by atomic mass is 35.5. The normalized spacial score (nSPS) is 14.5. The first-order valence-corrected chi connectivity index (χ1v) is 5.17. The predicted molar refractivity (Wildman–Crippen MR) is 62.9 cm³/mol. The number of methoxy groups -OCH3 is 1. The SMILES string of the molecule is CCC/C=C(Cl)/N=C\C(OC)=C(/C)Cl. The van der Waals surface area contributed by atoms with Gasteiger partial charge in [-0.05, 0) is 19.4 Å². The monoisotopic (exact) mass is 235 g/mol. The van der Waals surface area contributed by atoms with E-state index >= 15 is 0 Å². The molecule has 4 heteroatoms. The Bertz CT molecular complexity index is 253. The second-order valence-corrected chi connectivity index (χ2v) is 3.63. The Morgan fingerprint density at radius 1 is 1.43 bits per heavy atom. The molecule has 80 valence electrons. The molecule has 0 fully saturated rings. The first-order chi connectivity index (χ1) is 6.61. The van der Waals surface area contributed by atoms with Gasteiger partial charge in [-0.1, -0.05) is 36.5 Å². The fourth-order valence-electron chi connectivity index (χ4n) is 0.719. The summed E-state index contributed by atoms with van der Waals surface area (Å²) in [5.74, 6) is 0.523. The summed E-state index contributed by atoms with van der Waals surface area (Å²) in [6, 6.07) is 0. The van der Waals surface area contributed by atoms with Crippen LogP contribution < -0.4 is 0 Å². The van der Waals surface area contributed by atoms with Crippen molar-refractivity contribution in [2.24, 2.45) is 4.99 Å². The lowest BCUT2D eigenvalue weighted by Gasteiger charge is -1.99. The molecule has 0 radical (unpaired) electrons.